The third-order valence-corrected chi connectivity index (χ3v) is 5.06. The fraction of sp³-hybridized carbons (Fsp3) is 0.520. The van der Waals surface area contributed by atoms with Crippen LogP contribution in [-0.2, 0) is 6.54 Å². The number of benzene rings is 1. The molecule has 2 rings (SSSR count). The molecule has 176 valence electrons. The second-order valence-electron chi connectivity index (χ2n) is 8.01. The third kappa shape index (κ3) is 8.38. The number of aromatic nitrogens is 1. The van der Waals surface area contributed by atoms with Gasteiger partial charge in [-0.15, -0.1) is 0 Å². The van der Waals surface area contributed by atoms with Gasteiger partial charge in [-0.2, -0.15) is 0 Å². The van der Waals surface area contributed by atoms with E-state index in [0.29, 0.717) is 36.4 Å². The van der Waals surface area contributed by atoms with E-state index >= 15 is 0 Å². The number of likely N-dealkylation sites (N-methyl/N-ethyl adjacent to an activating group) is 1. The van der Waals surface area contributed by atoms with Gasteiger partial charge in [-0.1, -0.05) is 45.9 Å². The second-order valence-corrected chi connectivity index (χ2v) is 8.01. The average Bonchev–Trinajstić information content (AvgIpc) is 2.79. The van der Waals surface area contributed by atoms with Gasteiger partial charge < -0.3 is 24.6 Å². The van der Waals surface area contributed by atoms with E-state index in [2.05, 4.69) is 42.9 Å². The van der Waals surface area contributed by atoms with Crippen molar-refractivity contribution in [3.8, 4) is 17.4 Å². The molecule has 7 heteroatoms. The lowest BCUT2D eigenvalue weighted by Crippen LogP contribution is -2.45. The Morgan fingerprint density at radius 2 is 1.75 bits per heavy atom. The predicted octanol–water partition coefficient (Wildman–Crippen LogP) is 4.78. The molecule has 0 unspecified atom stereocenters. The smallest absolute Gasteiger partial charge is 0.317 e. The number of pyridine rings is 1. The molecule has 0 saturated carbocycles. The molecule has 0 spiro atoms. The number of nitrogens with one attached hydrogen (secondary N) is 1. The Kier molecular flexibility index (Phi) is 10.8. The van der Waals surface area contributed by atoms with Crippen LogP contribution in [0.3, 0.4) is 0 Å². The molecule has 1 heterocycles. The maximum absolute atomic E-state index is 12.8. The van der Waals surface area contributed by atoms with Crippen molar-refractivity contribution in [2.75, 3.05) is 39.3 Å². The van der Waals surface area contributed by atoms with Gasteiger partial charge in [-0.05, 0) is 43.6 Å². The van der Waals surface area contributed by atoms with Crippen molar-refractivity contribution in [1.29, 1.82) is 0 Å². The highest BCUT2D eigenvalue weighted by molar-refractivity contribution is 5.74. The summed E-state index contributed by atoms with van der Waals surface area (Å²) in [6.45, 7) is 15.8. The zero-order valence-corrected chi connectivity index (χ0v) is 20.1. The van der Waals surface area contributed by atoms with Crippen LogP contribution in [0.15, 0.2) is 42.6 Å². The molecular weight excluding hydrogens is 404 g/mol. The second kappa shape index (κ2) is 13.6. The fourth-order valence-electron chi connectivity index (χ4n) is 3.31. The van der Waals surface area contributed by atoms with Crippen LogP contribution in [0.5, 0.6) is 17.4 Å². The van der Waals surface area contributed by atoms with Gasteiger partial charge >= 0.3 is 6.03 Å². The number of hydrogen-bond donors (Lipinski definition) is 1. The molecule has 1 aromatic heterocycles. The van der Waals surface area contributed by atoms with Gasteiger partial charge in [0.05, 0.1) is 6.61 Å². The predicted molar refractivity (Wildman–Crippen MR) is 128 cm³/mol. The zero-order valence-electron chi connectivity index (χ0n) is 20.1. The Hall–Kier alpha value is -2.80. The number of amides is 2. The molecule has 0 atom stereocenters. The molecular formula is C25H38N4O3. The molecule has 0 saturated heterocycles. The normalized spacial score (nSPS) is 11.0. The lowest BCUT2D eigenvalue weighted by atomic mass is 10.2. The van der Waals surface area contributed by atoms with Crippen LogP contribution in [0.4, 0.5) is 4.79 Å². The number of rotatable bonds is 13. The summed E-state index contributed by atoms with van der Waals surface area (Å²) in [6, 6.07) is 11.2. The van der Waals surface area contributed by atoms with Crippen LogP contribution in [0.25, 0.3) is 0 Å². The van der Waals surface area contributed by atoms with Crippen molar-refractivity contribution in [3.05, 3.63) is 48.2 Å². The summed E-state index contributed by atoms with van der Waals surface area (Å²) in [7, 11) is 0. The fourth-order valence-corrected chi connectivity index (χ4v) is 3.31. The number of ether oxygens (including phenoxy) is 2. The van der Waals surface area contributed by atoms with Crippen LogP contribution in [0.2, 0.25) is 0 Å². The number of carbonyl (C=O) groups excluding carboxylic acids is 1. The Bertz CT molecular complexity index is 807. The first-order valence-corrected chi connectivity index (χ1v) is 11.6. The molecule has 0 bridgehead atoms. The van der Waals surface area contributed by atoms with E-state index in [4.69, 9.17) is 9.47 Å². The van der Waals surface area contributed by atoms with Gasteiger partial charge in [0.1, 0.15) is 0 Å². The molecule has 0 aliphatic carbocycles. The monoisotopic (exact) mass is 442 g/mol. The highest BCUT2D eigenvalue weighted by Gasteiger charge is 2.15. The maximum atomic E-state index is 12.8. The summed E-state index contributed by atoms with van der Waals surface area (Å²) < 4.78 is 11.5. The Labute approximate surface area is 192 Å². The molecule has 2 aromatic rings. The van der Waals surface area contributed by atoms with Crippen LogP contribution in [0, 0.1) is 5.92 Å². The van der Waals surface area contributed by atoms with E-state index in [1.54, 1.807) is 12.3 Å². The topological polar surface area (TPSA) is 66.9 Å². The Morgan fingerprint density at radius 1 is 1.03 bits per heavy atom. The minimum Gasteiger partial charge on any atom is -0.490 e. The van der Waals surface area contributed by atoms with Gasteiger partial charge in [-0.25, -0.2) is 9.78 Å². The molecule has 1 aromatic carbocycles. The lowest BCUT2D eigenvalue weighted by Gasteiger charge is -2.28. The highest BCUT2D eigenvalue weighted by atomic mass is 16.5. The number of hydrogen-bond acceptors (Lipinski definition) is 5. The van der Waals surface area contributed by atoms with E-state index < -0.39 is 0 Å². The standard InChI is InChI=1S/C25H38N4O3/c1-6-28(7-2)15-16-29(19-20(4)5)25(30)27-18-21-13-14-24(26-17-21)32-23-12-10-9-11-22(23)31-8-3/h9-14,17,20H,6-8,15-16,18-19H2,1-5H3,(H,27,30). The SMILES string of the molecule is CCOc1ccccc1Oc1ccc(CNC(=O)N(CCN(CC)CC)CC(C)C)cn1. The third-order valence-electron chi connectivity index (χ3n) is 5.06. The molecule has 0 radical (unpaired) electrons. The summed E-state index contributed by atoms with van der Waals surface area (Å²) >= 11 is 0. The van der Waals surface area contributed by atoms with Gasteiger partial charge in [0.25, 0.3) is 0 Å². The lowest BCUT2D eigenvalue weighted by molar-refractivity contribution is 0.177. The molecule has 32 heavy (non-hydrogen) atoms. The van der Waals surface area contributed by atoms with Crippen LogP contribution in [-0.4, -0.2) is 60.1 Å². The van der Waals surface area contributed by atoms with E-state index in [1.807, 2.05) is 42.2 Å². The van der Waals surface area contributed by atoms with Crippen LogP contribution >= 0.6 is 0 Å². The van der Waals surface area contributed by atoms with Crippen molar-refractivity contribution in [1.82, 2.24) is 20.1 Å². The van der Waals surface area contributed by atoms with E-state index in [0.717, 1.165) is 38.3 Å². The molecule has 7 nitrogen and oxygen atoms in total. The van der Waals surface area contributed by atoms with Crippen LogP contribution < -0.4 is 14.8 Å². The molecule has 0 aliphatic heterocycles. The summed E-state index contributed by atoms with van der Waals surface area (Å²) in [4.78, 5) is 21.4. The maximum Gasteiger partial charge on any atom is 0.317 e. The van der Waals surface area contributed by atoms with Gasteiger partial charge in [0, 0.05) is 38.4 Å². The van der Waals surface area contributed by atoms with Gasteiger partial charge in [0.2, 0.25) is 5.88 Å². The minimum absolute atomic E-state index is 0.0446. The van der Waals surface area contributed by atoms with Gasteiger partial charge in [-0.3, -0.25) is 0 Å². The Morgan fingerprint density at radius 3 is 2.34 bits per heavy atom. The molecule has 2 amide bonds. The molecule has 0 aliphatic rings. The van der Waals surface area contributed by atoms with E-state index in [9.17, 15) is 4.79 Å². The first-order valence-electron chi connectivity index (χ1n) is 11.6. The van der Waals surface area contributed by atoms with Crippen molar-refractivity contribution in [2.45, 2.75) is 41.2 Å². The van der Waals surface area contributed by atoms with Gasteiger partial charge in [0.15, 0.2) is 11.5 Å². The summed E-state index contributed by atoms with van der Waals surface area (Å²) in [5, 5.41) is 3.03. The molecule has 1 N–H and O–H groups in total. The average molecular weight is 443 g/mol. The quantitative estimate of drug-likeness (QED) is 0.483. The summed E-state index contributed by atoms with van der Waals surface area (Å²) in [6.07, 6.45) is 1.72. The first kappa shape index (κ1) is 25.5. The summed E-state index contributed by atoms with van der Waals surface area (Å²) in [5.74, 6) is 2.20. The highest BCUT2D eigenvalue weighted by Crippen LogP contribution is 2.30. The largest absolute Gasteiger partial charge is 0.490 e. The van der Waals surface area contributed by atoms with Crippen molar-refractivity contribution in [2.24, 2.45) is 5.92 Å². The number of urea groups is 1. The minimum atomic E-state index is -0.0446. The van der Waals surface area contributed by atoms with Crippen molar-refractivity contribution < 1.29 is 14.3 Å². The zero-order chi connectivity index (χ0) is 23.3. The Balaban J connectivity index is 1.92. The van der Waals surface area contributed by atoms with Crippen molar-refractivity contribution >= 4 is 6.03 Å². The number of nitrogens with zero attached hydrogens (tertiary/aromatic N) is 3. The van der Waals surface area contributed by atoms with Crippen molar-refractivity contribution in [3.63, 3.8) is 0 Å². The van der Waals surface area contributed by atoms with Crippen LogP contribution in [0.1, 0.15) is 40.2 Å². The van der Waals surface area contributed by atoms with E-state index in [1.165, 1.54) is 0 Å². The molecule has 0 fully saturated rings. The number of carbonyl (C=O) groups is 1. The van der Waals surface area contributed by atoms with E-state index in [-0.39, 0.29) is 6.03 Å². The summed E-state index contributed by atoms with van der Waals surface area (Å²) in [5.41, 5.74) is 0.914. The number of para-hydroxylation sites is 2. The first-order chi connectivity index (χ1) is 15.5.